The summed E-state index contributed by atoms with van der Waals surface area (Å²) in [5.74, 6) is 0.867. The van der Waals surface area contributed by atoms with E-state index >= 15 is 0 Å². The molecule has 0 bridgehead atoms. The molecule has 0 aromatic carbocycles. The topological polar surface area (TPSA) is 80.6 Å². The van der Waals surface area contributed by atoms with Crippen LogP contribution in [0.3, 0.4) is 0 Å². The van der Waals surface area contributed by atoms with E-state index in [2.05, 4.69) is 17.0 Å². The summed E-state index contributed by atoms with van der Waals surface area (Å²) in [4.78, 5) is 32.6. The fraction of sp³-hybridized carbons (Fsp3) is 0.765. The van der Waals surface area contributed by atoms with Gasteiger partial charge in [0.1, 0.15) is 12.9 Å². The van der Waals surface area contributed by atoms with Gasteiger partial charge in [-0.1, -0.05) is 0 Å². The van der Waals surface area contributed by atoms with Crippen LogP contribution < -0.4 is 0 Å². The molecule has 8 heteroatoms. The molecule has 2 amide bonds. The molecular formula is C17H25N5O3. The number of piperidine rings is 1. The molecule has 1 unspecified atom stereocenters. The van der Waals surface area contributed by atoms with E-state index in [1.54, 1.807) is 11.9 Å². The third kappa shape index (κ3) is 3.03. The van der Waals surface area contributed by atoms with Crippen LogP contribution >= 0.6 is 0 Å². The standard InChI is InChI=1S/C17H25N5O3/c1-12-17(25-10-14(23)22(12)9-13-3-4-13)5-7-21(8-6-17)16(24)15-18-11-20(2)19-15/h11-13H,3-10H2,1-2H3. The average Bonchev–Trinajstić information content (AvgIpc) is 3.34. The second kappa shape index (κ2) is 6.09. The Balaban J connectivity index is 1.42. The minimum atomic E-state index is -0.336. The largest absolute Gasteiger partial charge is 0.363 e. The molecule has 25 heavy (non-hydrogen) atoms. The lowest BCUT2D eigenvalue weighted by atomic mass is 9.82. The maximum atomic E-state index is 12.5. The Morgan fingerprint density at radius 1 is 1.36 bits per heavy atom. The number of ether oxygens (including phenoxy) is 1. The second-order valence-corrected chi connectivity index (χ2v) is 7.55. The highest BCUT2D eigenvalue weighted by Gasteiger charge is 2.49. The Bertz CT molecular complexity index is 676. The molecule has 8 nitrogen and oxygen atoms in total. The third-order valence-corrected chi connectivity index (χ3v) is 5.87. The molecule has 1 spiro atoms. The lowest BCUT2D eigenvalue weighted by Crippen LogP contribution is -2.64. The summed E-state index contributed by atoms with van der Waals surface area (Å²) in [6, 6.07) is 0.0552. The number of aryl methyl sites for hydroxylation is 1. The zero-order chi connectivity index (χ0) is 17.6. The Hall–Kier alpha value is -1.96. The third-order valence-electron chi connectivity index (χ3n) is 5.87. The van der Waals surface area contributed by atoms with Gasteiger partial charge in [-0.25, -0.2) is 4.98 Å². The van der Waals surface area contributed by atoms with Crippen LogP contribution in [0.4, 0.5) is 0 Å². The lowest BCUT2D eigenvalue weighted by Gasteiger charge is -2.51. The Morgan fingerprint density at radius 2 is 2.08 bits per heavy atom. The zero-order valence-electron chi connectivity index (χ0n) is 14.8. The summed E-state index contributed by atoms with van der Waals surface area (Å²) in [5, 5.41) is 4.10. The Labute approximate surface area is 147 Å². The fourth-order valence-corrected chi connectivity index (χ4v) is 3.98. The first-order chi connectivity index (χ1) is 12.0. The van der Waals surface area contributed by atoms with Crippen molar-refractivity contribution in [2.24, 2.45) is 13.0 Å². The number of morpholine rings is 1. The SMILES string of the molecule is CC1N(CC2CC2)C(=O)COC12CCN(C(=O)c1ncn(C)n1)CC2. The van der Waals surface area contributed by atoms with Gasteiger partial charge >= 0.3 is 0 Å². The molecule has 3 heterocycles. The summed E-state index contributed by atoms with van der Waals surface area (Å²) < 4.78 is 7.57. The molecule has 1 saturated carbocycles. The minimum Gasteiger partial charge on any atom is -0.363 e. The van der Waals surface area contributed by atoms with E-state index in [1.165, 1.54) is 23.9 Å². The molecule has 0 N–H and O–H groups in total. The first-order valence-corrected chi connectivity index (χ1v) is 9.07. The summed E-state index contributed by atoms with van der Waals surface area (Å²) >= 11 is 0. The van der Waals surface area contributed by atoms with Crippen LogP contribution in [-0.2, 0) is 16.6 Å². The van der Waals surface area contributed by atoms with Crippen molar-refractivity contribution in [1.29, 1.82) is 0 Å². The van der Waals surface area contributed by atoms with Crippen LogP contribution in [-0.4, -0.2) is 74.3 Å². The first kappa shape index (κ1) is 16.5. The van der Waals surface area contributed by atoms with Gasteiger partial charge in [-0.05, 0) is 38.5 Å². The second-order valence-electron chi connectivity index (χ2n) is 7.55. The molecular weight excluding hydrogens is 322 g/mol. The van der Waals surface area contributed by atoms with E-state index in [9.17, 15) is 9.59 Å². The number of carbonyl (C=O) groups is 2. The smallest absolute Gasteiger partial charge is 0.293 e. The predicted molar refractivity (Wildman–Crippen MR) is 88.7 cm³/mol. The van der Waals surface area contributed by atoms with E-state index in [0.717, 1.165) is 19.4 Å². The normalized spacial score (nSPS) is 26.3. The fourth-order valence-electron chi connectivity index (χ4n) is 3.98. The lowest BCUT2D eigenvalue weighted by molar-refractivity contribution is -0.185. The van der Waals surface area contributed by atoms with Gasteiger partial charge in [0.25, 0.3) is 5.91 Å². The highest BCUT2D eigenvalue weighted by Crippen LogP contribution is 2.38. The maximum absolute atomic E-state index is 12.5. The number of hydrogen-bond acceptors (Lipinski definition) is 5. The Kier molecular flexibility index (Phi) is 4.02. The van der Waals surface area contributed by atoms with Crippen molar-refractivity contribution in [2.75, 3.05) is 26.2 Å². The quantitative estimate of drug-likeness (QED) is 0.793. The van der Waals surface area contributed by atoms with E-state index in [-0.39, 0.29) is 35.9 Å². The molecule has 3 fully saturated rings. The van der Waals surface area contributed by atoms with Gasteiger partial charge in [-0.3, -0.25) is 14.3 Å². The molecule has 1 aromatic rings. The number of carbonyl (C=O) groups excluding carboxylic acids is 2. The van der Waals surface area contributed by atoms with Crippen LogP contribution in [0.1, 0.15) is 43.2 Å². The summed E-state index contributed by atoms with van der Waals surface area (Å²) in [5.41, 5.74) is -0.336. The summed E-state index contributed by atoms with van der Waals surface area (Å²) in [6.07, 6.45) is 5.46. The van der Waals surface area contributed by atoms with Crippen molar-refractivity contribution in [3.8, 4) is 0 Å². The summed E-state index contributed by atoms with van der Waals surface area (Å²) in [7, 11) is 1.75. The van der Waals surface area contributed by atoms with Gasteiger partial charge in [0.2, 0.25) is 11.7 Å². The van der Waals surface area contributed by atoms with Crippen molar-refractivity contribution in [2.45, 2.75) is 44.2 Å². The highest BCUT2D eigenvalue weighted by atomic mass is 16.5. The number of rotatable bonds is 3. The van der Waals surface area contributed by atoms with Gasteiger partial charge in [0.15, 0.2) is 0 Å². The van der Waals surface area contributed by atoms with E-state index in [1.807, 2.05) is 4.90 Å². The van der Waals surface area contributed by atoms with Crippen LogP contribution in [0.2, 0.25) is 0 Å². The number of amides is 2. The number of likely N-dealkylation sites (tertiary alicyclic amines) is 1. The van der Waals surface area contributed by atoms with Crippen LogP contribution in [0.25, 0.3) is 0 Å². The average molecular weight is 347 g/mol. The predicted octanol–water partition coefficient (Wildman–Crippen LogP) is 0.447. The maximum Gasteiger partial charge on any atom is 0.293 e. The van der Waals surface area contributed by atoms with Crippen molar-refractivity contribution >= 4 is 11.8 Å². The molecule has 1 atom stereocenters. The number of nitrogens with zero attached hydrogens (tertiary/aromatic N) is 5. The van der Waals surface area contributed by atoms with Crippen molar-refractivity contribution in [3.05, 3.63) is 12.2 Å². The molecule has 1 aromatic heterocycles. The van der Waals surface area contributed by atoms with E-state index < -0.39 is 0 Å². The highest BCUT2D eigenvalue weighted by molar-refractivity contribution is 5.90. The number of aromatic nitrogens is 3. The van der Waals surface area contributed by atoms with Gasteiger partial charge < -0.3 is 14.5 Å². The van der Waals surface area contributed by atoms with Crippen molar-refractivity contribution in [1.82, 2.24) is 24.6 Å². The van der Waals surface area contributed by atoms with Gasteiger partial charge in [-0.15, -0.1) is 5.10 Å². The van der Waals surface area contributed by atoms with Crippen LogP contribution in [0.5, 0.6) is 0 Å². The van der Waals surface area contributed by atoms with Crippen LogP contribution in [0.15, 0.2) is 6.33 Å². The molecule has 2 saturated heterocycles. The van der Waals surface area contributed by atoms with Crippen LogP contribution in [0, 0.1) is 5.92 Å². The van der Waals surface area contributed by atoms with E-state index in [4.69, 9.17) is 4.74 Å². The number of hydrogen-bond donors (Lipinski definition) is 0. The molecule has 0 radical (unpaired) electrons. The van der Waals surface area contributed by atoms with Gasteiger partial charge in [0.05, 0.1) is 11.6 Å². The summed E-state index contributed by atoms with van der Waals surface area (Å²) in [6.45, 7) is 4.31. The van der Waals surface area contributed by atoms with E-state index in [0.29, 0.717) is 19.0 Å². The molecule has 136 valence electrons. The monoisotopic (exact) mass is 347 g/mol. The zero-order valence-corrected chi connectivity index (χ0v) is 14.8. The Morgan fingerprint density at radius 3 is 2.68 bits per heavy atom. The van der Waals surface area contributed by atoms with Crippen molar-refractivity contribution in [3.63, 3.8) is 0 Å². The first-order valence-electron chi connectivity index (χ1n) is 9.07. The van der Waals surface area contributed by atoms with Gasteiger partial charge in [0, 0.05) is 26.7 Å². The molecule has 1 aliphatic carbocycles. The molecule has 4 rings (SSSR count). The minimum absolute atomic E-state index is 0.0552. The molecule has 2 aliphatic heterocycles. The van der Waals surface area contributed by atoms with Gasteiger partial charge in [-0.2, -0.15) is 0 Å². The van der Waals surface area contributed by atoms with Crippen molar-refractivity contribution < 1.29 is 14.3 Å². The molecule has 3 aliphatic rings.